The van der Waals surface area contributed by atoms with E-state index in [1.54, 1.807) is 13.0 Å². The topological polar surface area (TPSA) is 125 Å². The van der Waals surface area contributed by atoms with Crippen molar-refractivity contribution in [2.45, 2.75) is 33.0 Å². The van der Waals surface area contributed by atoms with Crippen molar-refractivity contribution in [3.8, 4) is 23.0 Å². The van der Waals surface area contributed by atoms with Crippen molar-refractivity contribution in [1.82, 2.24) is 29.1 Å². The first-order valence-electron chi connectivity index (χ1n) is 10.9. The highest BCUT2D eigenvalue weighted by Crippen LogP contribution is 2.24. The molecule has 1 N–H and O–H groups in total. The summed E-state index contributed by atoms with van der Waals surface area (Å²) in [5.41, 5.74) is -1.86. The van der Waals surface area contributed by atoms with Crippen LogP contribution in [-0.4, -0.2) is 34.2 Å². The van der Waals surface area contributed by atoms with E-state index < -0.39 is 40.1 Å². The zero-order valence-electron chi connectivity index (χ0n) is 20.2. The zero-order chi connectivity index (χ0) is 27.1. The fourth-order valence-corrected chi connectivity index (χ4v) is 3.68. The molecular formula is C24H21ClF2N6O4. The Bertz CT molecular complexity index is 1590. The van der Waals surface area contributed by atoms with Crippen LogP contribution in [-0.2, 0) is 19.3 Å². The average molecular weight is 531 g/mol. The largest absolute Gasteiger partial charge is 0.471 e. The molecule has 10 nitrogen and oxygen atoms in total. The second kappa shape index (κ2) is 9.79. The minimum Gasteiger partial charge on any atom is -0.471 e. The monoisotopic (exact) mass is 530 g/mol. The zero-order valence-corrected chi connectivity index (χ0v) is 20.9. The number of nitrogens with zero attached hydrogens (tertiary/aromatic N) is 6. The van der Waals surface area contributed by atoms with Gasteiger partial charge < -0.3 is 9.84 Å². The van der Waals surface area contributed by atoms with Gasteiger partial charge in [-0.05, 0) is 38.5 Å². The maximum atomic E-state index is 13.9. The van der Waals surface area contributed by atoms with Crippen LogP contribution in [0.15, 0.2) is 46.4 Å². The second-order valence-corrected chi connectivity index (χ2v) is 9.03. The van der Waals surface area contributed by atoms with Gasteiger partial charge in [0.1, 0.15) is 23.7 Å². The van der Waals surface area contributed by atoms with E-state index in [9.17, 15) is 23.5 Å². The minimum absolute atomic E-state index is 0.165. The van der Waals surface area contributed by atoms with Gasteiger partial charge in [0, 0.05) is 25.5 Å². The van der Waals surface area contributed by atoms with E-state index >= 15 is 0 Å². The number of aromatic nitrogens is 6. The van der Waals surface area contributed by atoms with Crippen molar-refractivity contribution in [2.75, 3.05) is 0 Å². The number of pyridine rings is 2. The number of aryl methyl sites for hydroxylation is 1. The van der Waals surface area contributed by atoms with Crippen LogP contribution >= 0.6 is 11.6 Å². The normalized spacial score (nSPS) is 11.6. The highest BCUT2D eigenvalue weighted by Gasteiger charge is 2.23. The first kappa shape index (κ1) is 26.0. The molecule has 4 rings (SSSR count). The van der Waals surface area contributed by atoms with Gasteiger partial charge in [-0.2, -0.15) is 0 Å². The van der Waals surface area contributed by atoms with Gasteiger partial charge >= 0.3 is 5.69 Å². The van der Waals surface area contributed by atoms with E-state index in [0.29, 0.717) is 23.0 Å². The van der Waals surface area contributed by atoms with E-state index in [1.165, 1.54) is 39.4 Å². The Labute approximate surface area is 213 Å². The standard InChI is InChI=1S/C24H21ClF2N6O4/c1-12-9-29-16(15-5-6-28-22(31-15)24(2,3)36)8-18(12)33-20(34)19(25)21(32(4)23(33)35)37-11-17-14(27)7-13(26)10-30-17/h5-10,36H,11H2,1-4H3. The smallest absolute Gasteiger partial charge is 0.338 e. The first-order valence-corrected chi connectivity index (χ1v) is 11.2. The Kier molecular flexibility index (Phi) is 6.89. The van der Waals surface area contributed by atoms with Crippen LogP contribution in [0.5, 0.6) is 5.88 Å². The van der Waals surface area contributed by atoms with Crippen molar-refractivity contribution >= 4 is 11.6 Å². The lowest BCUT2D eigenvalue weighted by atomic mass is 10.1. The first-order chi connectivity index (χ1) is 17.4. The summed E-state index contributed by atoms with van der Waals surface area (Å²) in [6, 6.07) is 3.70. The Morgan fingerprint density at radius 3 is 2.51 bits per heavy atom. The maximum absolute atomic E-state index is 13.9. The highest BCUT2D eigenvalue weighted by molar-refractivity contribution is 6.31. The van der Waals surface area contributed by atoms with E-state index in [1.807, 2.05) is 0 Å². The number of ether oxygens (including phenoxy) is 1. The molecule has 0 aromatic carbocycles. The molecule has 0 saturated carbocycles. The minimum atomic E-state index is -1.30. The lowest BCUT2D eigenvalue weighted by Crippen LogP contribution is -2.39. The number of aliphatic hydroxyl groups is 1. The molecule has 0 atom stereocenters. The molecule has 0 amide bonds. The fraction of sp³-hybridized carbons (Fsp3) is 0.250. The van der Waals surface area contributed by atoms with Crippen LogP contribution in [0.4, 0.5) is 8.78 Å². The molecule has 0 fully saturated rings. The SMILES string of the molecule is Cc1cnc(-c2ccnc(C(C)(C)O)n2)cc1-n1c(=O)c(Cl)c(OCc2ncc(F)cc2F)n(C)c1=O. The van der Waals surface area contributed by atoms with Gasteiger partial charge in [0.05, 0.1) is 23.3 Å². The predicted octanol–water partition coefficient (Wildman–Crippen LogP) is 2.83. The molecular weight excluding hydrogens is 510 g/mol. The predicted molar refractivity (Wildman–Crippen MR) is 130 cm³/mol. The second-order valence-electron chi connectivity index (χ2n) is 8.65. The van der Waals surface area contributed by atoms with Gasteiger partial charge in [-0.25, -0.2) is 28.1 Å². The number of hydrogen-bond donors (Lipinski definition) is 1. The molecule has 0 aliphatic heterocycles. The van der Waals surface area contributed by atoms with E-state index in [0.717, 1.165) is 15.3 Å². The molecule has 0 aliphatic rings. The molecule has 4 heterocycles. The summed E-state index contributed by atoms with van der Waals surface area (Å²) in [5.74, 6) is -1.96. The molecule has 0 bridgehead atoms. The van der Waals surface area contributed by atoms with Crippen LogP contribution < -0.4 is 16.0 Å². The summed E-state index contributed by atoms with van der Waals surface area (Å²) in [5, 5.41) is 9.80. The van der Waals surface area contributed by atoms with Crippen molar-refractivity contribution < 1.29 is 18.6 Å². The van der Waals surface area contributed by atoms with Crippen molar-refractivity contribution in [1.29, 1.82) is 0 Å². The van der Waals surface area contributed by atoms with Crippen LogP contribution in [0.3, 0.4) is 0 Å². The van der Waals surface area contributed by atoms with Gasteiger partial charge in [0.15, 0.2) is 16.7 Å². The molecule has 0 spiro atoms. The van der Waals surface area contributed by atoms with Gasteiger partial charge in [0.25, 0.3) is 5.56 Å². The van der Waals surface area contributed by atoms with E-state index in [2.05, 4.69) is 19.9 Å². The van der Waals surface area contributed by atoms with Crippen LogP contribution in [0, 0.1) is 18.6 Å². The van der Waals surface area contributed by atoms with Crippen molar-refractivity contribution in [3.63, 3.8) is 0 Å². The van der Waals surface area contributed by atoms with E-state index in [4.69, 9.17) is 16.3 Å². The molecule has 0 saturated heterocycles. The summed E-state index contributed by atoms with van der Waals surface area (Å²) < 4.78 is 34.3. The van der Waals surface area contributed by atoms with Crippen LogP contribution in [0.2, 0.25) is 5.02 Å². The average Bonchev–Trinajstić information content (AvgIpc) is 2.84. The summed E-state index contributed by atoms with van der Waals surface area (Å²) in [4.78, 5) is 42.8. The summed E-state index contributed by atoms with van der Waals surface area (Å²) in [6.45, 7) is 4.23. The summed E-state index contributed by atoms with van der Waals surface area (Å²) >= 11 is 6.28. The number of hydrogen-bond acceptors (Lipinski definition) is 8. The third kappa shape index (κ3) is 5.11. The molecule has 0 unspecified atom stereocenters. The molecule has 192 valence electrons. The molecule has 0 aliphatic carbocycles. The van der Waals surface area contributed by atoms with Crippen molar-refractivity contribution in [3.05, 3.63) is 91.4 Å². The quantitative estimate of drug-likeness (QED) is 0.403. The molecule has 4 aromatic heterocycles. The maximum Gasteiger partial charge on any atom is 0.338 e. The lowest BCUT2D eigenvalue weighted by Gasteiger charge is -2.17. The van der Waals surface area contributed by atoms with Crippen LogP contribution in [0.1, 0.15) is 30.9 Å². The van der Waals surface area contributed by atoms with Gasteiger partial charge in [0.2, 0.25) is 5.88 Å². The van der Waals surface area contributed by atoms with Crippen molar-refractivity contribution in [2.24, 2.45) is 7.05 Å². The molecule has 13 heteroatoms. The Balaban J connectivity index is 1.78. The Morgan fingerprint density at radius 2 is 1.84 bits per heavy atom. The highest BCUT2D eigenvalue weighted by atomic mass is 35.5. The molecule has 4 aromatic rings. The molecule has 37 heavy (non-hydrogen) atoms. The van der Waals surface area contributed by atoms with Gasteiger partial charge in [-0.3, -0.25) is 19.3 Å². The van der Waals surface area contributed by atoms with E-state index in [-0.39, 0.29) is 23.1 Å². The summed E-state index contributed by atoms with van der Waals surface area (Å²) in [7, 11) is 1.32. The van der Waals surface area contributed by atoms with Gasteiger partial charge in [-0.1, -0.05) is 11.6 Å². The molecule has 0 radical (unpaired) electrons. The van der Waals surface area contributed by atoms with Gasteiger partial charge in [-0.15, -0.1) is 0 Å². The Hall–Kier alpha value is -4.03. The third-order valence-corrected chi connectivity index (χ3v) is 5.70. The fourth-order valence-electron chi connectivity index (χ4n) is 3.41. The van der Waals surface area contributed by atoms with Crippen LogP contribution in [0.25, 0.3) is 17.1 Å². The third-order valence-electron chi connectivity index (χ3n) is 5.37. The lowest BCUT2D eigenvalue weighted by molar-refractivity contribution is 0.0688. The number of rotatable bonds is 6. The summed E-state index contributed by atoms with van der Waals surface area (Å²) in [6.07, 6.45) is 3.74. The number of halogens is 3. The Morgan fingerprint density at radius 1 is 1.11 bits per heavy atom.